The third-order valence-electron chi connectivity index (χ3n) is 10.6. The number of carbonyl (C=O) groups excluding carboxylic acids is 1. The van der Waals surface area contributed by atoms with Crippen LogP contribution in [0.4, 0.5) is 0 Å². The third kappa shape index (κ3) is 3.52. The molecule has 0 unspecified atom stereocenters. The van der Waals surface area contributed by atoms with E-state index < -0.39 is 0 Å². The van der Waals surface area contributed by atoms with Crippen molar-refractivity contribution in [1.29, 1.82) is 0 Å². The van der Waals surface area contributed by atoms with Gasteiger partial charge in [0.05, 0.1) is 12.2 Å². The minimum atomic E-state index is 0.169. The largest absolute Gasteiger partial charge is 0.381 e. The van der Waals surface area contributed by atoms with Crippen molar-refractivity contribution < 1.29 is 14.3 Å². The van der Waals surface area contributed by atoms with Gasteiger partial charge in [0.15, 0.2) is 5.78 Å². The summed E-state index contributed by atoms with van der Waals surface area (Å²) in [4.78, 5) is 11.5. The molecule has 0 spiro atoms. The molecule has 0 bridgehead atoms. The Labute approximate surface area is 184 Å². The van der Waals surface area contributed by atoms with Crippen molar-refractivity contribution in [3.05, 3.63) is 12.2 Å². The molecule has 0 N–H and O–H groups in total. The zero-order chi connectivity index (χ0) is 21.7. The molecule has 3 heteroatoms. The van der Waals surface area contributed by atoms with E-state index in [1.165, 1.54) is 51.4 Å². The van der Waals surface area contributed by atoms with Gasteiger partial charge in [-0.15, -0.1) is 0 Å². The highest BCUT2D eigenvalue weighted by atomic mass is 16.5. The second-order valence-corrected chi connectivity index (χ2v) is 11.7. The molecular formula is C27H44O3. The van der Waals surface area contributed by atoms with Crippen LogP contribution in [0.2, 0.25) is 0 Å². The van der Waals surface area contributed by atoms with E-state index >= 15 is 0 Å². The smallest absolute Gasteiger partial charge is 0.152 e. The Kier molecular flexibility index (Phi) is 6.27. The first-order valence-corrected chi connectivity index (χ1v) is 12.5. The number of allylic oxidation sites excluding steroid dienone is 2. The highest BCUT2D eigenvalue weighted by Gasteiger charge is 2.63. The van der Waals surface area contributed by atoms with Gasteiger partial charge in [0, 0.05) is 14.2 Å². The number of rotatable bonds is 5. The molecule has 0 heterocycles. The summed E-state index contributed by atoms with van der Waals surface area (Å²) in [5.41, 5.74) is 0.833. The normalized spacial score (nSPS) is 49.3. The Hall–Kier alpha value is -0.670. The van der Waals surface area contributed by atoms with Crippen molar-refractivity contribution in [2.24, 2.45) is 46.3 Å². The van der Waals surface area contributed by atoms with Gasteiger partial charge in [-0.1, -0.05) is 26.8 Å². The average Bonchev–Trinajstić information content (AvgIpc) is 3.08. The minimum absolute atomic E-state index is 0.169. The van der Waals surface area contributed by atoms with Gasteiger partial charge >= 0.3 is 0 Å². The molecule has 10 atom stereocenters. The molecular weight excluding hydrogens is 372 g/mol. The van der Waals surface area contributed by atoms with E-state index in [2.05, 4.69) is 26.8 Å². The van der Waals surface area contributed by atoms with Crippen LogP contribution in [0.3, 0.4) is 0 Å². The van der Waals surface area contributed by atoms with Crippen LogP contribution in [0, 0.1) is 46.3 Å². The first-order valence-electron chi connectivity index (χ1n) is 12.5. The molecule has 3 nitrogen and oxygen atoms in total. The van der Waals surface area contributed by atoms with E-state index in [0.717, 1.165) is 17.8 Å². The number of hydrogen-bond donors (Lipinski definition) is 0. The number of hydrogen-bond acceptors (Lipinski definition) is 3. The molecule has 0 aromatic rings. The van der Waals surface area contributed by atoms with Gasteiger partial charge in [-0.25, -0.2) is 0 Å². The van der Waals surface area contributed by atoms with Crippen LogP contribution in [0.1, 0.15) is 79.1 Å². The Bertz CT molecular complexity index is 671. The standard InChI is InChI=1S/C27H44O3/c1-17(7-8-18(2)28)21-9-10-22-25-23(12-14-27(21,22)4)26(3)13-11-20(29-5)15-19(26)16-24(25)30-6/h7-8,17,19-25H,9-16H2,1-6H3/b8-7+/t17-,19+,20-,21-,22+,23+,24-,25+,26+,27-/m1/s1. The molecule has 0 aliphatic heterocycles. The number of carbonyl (C=O) groups is 1. The molecule has 4 saturated carbocycles. The van der Waals surface area contributed by atoms with Gasteiger partial charge in [0.25, 0.3) is 0 Å². The maximum absolute atomic E-state index is 11.5. The van der Waals surface area contributed by atoms with E-state index in [1.807, 2.05) is 14.2 Å². The monoisotopic (exact) mass is 416 g/mol. The number of ether oxygens (including phenoxy) is 2. The fraction of sp³-hybridized carbons (Fsp3) is 0.889. The molecule has 0 amide bonds. The minimum Gasteiger partial charge on any atom is -0.381 e. The molecule has 0 saturated heterocycles. The van der Waals surface area contributed by atoms with Gasteiger partial charge in [-0.3, -0.25) is 4.79 Å². The lowest BCUT2D eigenvalue weighted by Crippen LogP contribution is -2.59. The van der Waals surface area contributed by atoms with Crippen LogP contribution in [-0.2, 0) is 14.3 Å². The second-order valence-electron chi connectivity index (χ2n) is 11.7. The van der Waals surface area contributed by atoms with Crippen molar-refractivity contribution in [1.82, 2.24) is 0 Å². The zero-order valence-corrected chi connectivity index (χ0v) is 20.2. The lowest BCUT2D eigenvalue weighted by Gasteiger charge is -2.63. The molecule has 4 fully saturated rings. The van der Waals surface area contributed by atoms with Crippen molar-refractivity contribution in [3.8, 4) is 0 Å². The lowest BCUT2D eigenvalue weighted by molar-refractivity contribution is -0.183. The predicted octanol–water partition coefficient (Wildman–Crippen LogP) is 6.07. The van der Waals surface area contributed by atoms with Crippen LogP contribution in [0.5, 0.6) is 0 Å². The Morgan fingerprint density at radius 3 is 2.33 bits per heavy atom. The van der Waals surface area contributed by atoms with Crippen LogP contribution < -0.4 is 0 Å². The van der Waals surface area contributed by atoms with Crippen molar-refractivity contribution in [2.75, 3.05) is 14.2 Å². The van der Waals surface area contributed by atoms with Crippen molar-refractivity contribution in [3.63, 3.8) is 0 Å². The quantitative estimate of drug-likeness (QED) is 0.511. The van der Waals surface area contributed by atoms with Gasteiger partial charge in [-0.2, -0.15) is 0 Å². The third-order valence-corrected chi connectivity index (χ3v) is 10.6. The molecule has 0 aromatic carbocycles. The Morgan fingerprint density at radius 2 is 1.67 bits per heavy atom. The highest BCUT2D eigenvalue weighted by Crippen LogP contribution is 2.68. The predicted molar refractivity (Wildman–Crippen MR) is 121 cm³/mol. The molecule has 4 aliphatic rings. The number of ketones is 1. The first kappa shape index (κ1) is 22.5. The summed E-state index contributed by atoms with van der Waals surface area (Å²) in [5.74, 6) is 4.32. The van der Waals surface area contributed by atoms with Gasteiger partial charge < -0.3 is 9.47 Å². The summed E-state index contributed by atoms with van der Waals surface area (Å²) in [6, 6.07) is 0. The molecule has 30 heavy (non-hydrogen) atoms. The highest BCUT2D eigenvalue weighted by molar-refractivity contribution is 5.87. The summed E-state index contributed by atoms with van der Waals surface area (Å²) in [6.07, 6.45) is 15.1. The zero-order valence-electron chi connectivity index (χ0n) is 20.2. The van der Waals surface area contributed by atoms with E-state index in [-0.39, 0.29) is 5.78 Å². The summed E-state index contributed by atoms with van der Waals surface area (Å²) >= 11 is 0. The maximum atomic E-state index is 11.5. The van der Waals surface area contributed by atoms with Gasteiger partial charge in [0.1, 0.15) is 0 Å². The Balaban J connectivity index is 1.60. The number of methoxy groups -OCH3 is 2. The maximum Gasteiger partial charge on any atom is 0.152 e. The molecule has 0 radical (unpaired) electrons. The van der Waals surface area contributed by atoms with Gasteiger partial charge in [0.2, 0.25) is 0 Å². The van der Waals surface area contributed by atoms with Crippen LogP contribution >= 0.6 is 0 Å². The summed E-state index contributed by atoms with van der Waals surface area (Å²) in [6.45, 7) is 9.18. The molecule has 4 aliphatic carbocycles. The Morgan fingerprint density at radius 1 is 0.967 bits per heavy atom. The molecule has 170 valence electrons. The van der Waals surface area contributed by atoms with E-state index in [9.17, 15) is 4.79 Å². The van der Waals surface area contributed by atoms with E-state index in [1.54, 1.807) is 13.0 Å². The van der Waals surface area contributed by atoms with Crippen molar-refractivity contribution >= 4 is 5.78 Å². The van der Waals surface area contributed by atoms with Crippen molar-refractivity contribution in [2.45, 2.75) is 91.3 Å². The van der Waals surface area contributed by atoms with Gasteiger partial charge in [-0.05, 0) is 111 Å². The first-order chi connectivity index (χ1) is 14.2. The summed E-state index contributed by atoms with van der Waals surface area (Å²) < 4.78 is 12.0. The van der Waals surface area contributed by atoms with Crippen LogP contribution in [0.25, 0.3) is 0 Å². The lowest BCUT2D eigenvalue weighted by atomic mass is 9.43. The average molecular weight is 417 g/mol. The summed E-state index contributed by atoms with van der Waals surface area (Å²) in [7, 11) is 3.84. The fourth-order valence-electron chi connectivity index (χ4n) is 8.95. The summed E-state index contributed by atoms with van der Waals surface area (Å²) in [5, 5.41) is 0. The number of fused-ring (bicyclic) bond motifs is 5. The fourth-order valence-corrected chi connectivity index (χ4v) is 8.95. The second kappa shape index (κ2) is 8.35. The van der Waals surface area contributed by atoms with Crippen LogP contribution in [0.15, 0.2) is 12.2 Å². The van der Waals surface area contributed by atoms with E-state index in [0.29, 0.717) is 40.8 Å². The molecule has 4 rings (SSSR count). The molecule has 0 aromatic heterocycles. The topological polar surface area (TPSA) is 35.5 Å². The van der Waals surface area contributed by atoms with Crippen LogP contribution in [-0.4, -0.2) is 32.2 Å². The van der Waals surface area contributed by atoms with E-state index in [4.69, 9.17) is 9.47 Å². The SMILES string of the molecule is CO[C@@H]1CC[C@@]2(C)[C@@H](C1)C[C@@H](OC)[C@@H]1[C@@H]2CC[C@]2(C)[C@@H]([C@H](C)/C=C/C(C)=O)CC[C@@H]12.